The molecule has 1 aromatic heterocycles. The van der Waals surface area contributed by atoms with Gasteiger partial charge in [-0.2, -0.15) is 13.2 Å². The van der Waals surface area contributed by atoms with E-state index in [1.807, 2.05) is 0 Å². The molecule has 3 rings (SSSR count). The third-order valence-electron chi connectivity index (χ3n) is 3.93. The van der Waals surface area contributed by atoms with Crippen LogP contribution in [-0.2, 0) is 22.6 Å². The summed E-state index contributed by atoms with van der Waals surface area (Å²) in [6.45, 7) is 0.332. The molecule has 1 fully saturated rings. The zero-order valence-corrected chi connectivity index (χ0v) is 14.7. The van der Waals surface area contributed by atoms with Crippen LogP contribution in [0.15, 0.2) is 40.8 Å². The van der Waals surface area contributed by atoms with Gasteiger partial charge in [0.25, 0.3) is 0 Å². The molecule has 1 atom stereocenters. The van der Waals surface area contributed by atoms with E-state index in [0.717, 1.165) is 12.1 Å². The van der Waals surface area contributed by atoms with E-state index in [-0.39, 0.29) is 30.0 Å². The Bertz CT molecular complexity index is 833. The number of benzene rings is 1. The number of halogens is 4. The summed E-state index contributed by atoms with van der Waals surface area (Å²) >= 11 is 0. The second-order valence-electron chi connectivity index (χ2n) is 5.83. The van der Waals surface area contributed by atoms with Crippen LogP contribution in [0.4, 0.5) is 13.2 Å². The molecule has 138 valence electrons. The molecule has 1 saturated heterocycles. The Morgan fingerprint density at radius 2 is 1.96 bits per heavy atom. The van der Waals surface area contributed by atoms with Crippen molar-refractivity contribution in [2.45, 2.75) is 25.2 Å². The lowest BCUT2D eigenvalue weighted by Gasteiger charge is -2.09. The monoisotopic (exact) mass is 395 g/mol. The van der Waals surface area contributed by atoms with Crippen LogP contribution in [0.1, 0.15) is 17.7 Å². The molecule has 1 aliphatic heterocycles. The van der Waals surface area contributed by atoms with Crippen molar-refractivity contribution in [2.24, 2.45) is 0 Å². The molecule has 0 amide bonds. The van der Waals surface area contributed by atoms with E-state index < -0.39 is 21.6 Å². The predicted octanol–water partition coefficient (Wildman–Crippen LogP) is 3.66. The Hall–Kier alpha value is -1.51. The fourth-order valence-corrected chi connectivity index (χ4v) is 4.39. The quantitative estimate of drug-likeness (QED) is 0.858. The Morgan fingerprint density at radius 3 is 2.60 bits per heavy atom. The standard InChI is InChI=1S/C16H16F3NO3S.ClH/c17-16(18,19)12-3-1-2-11(8-12)15-5-4-14(23-15)9-20-13-6-7-24(21,22)10-13;/h1-5,8,13,20H,6-7,9-10H2;1H. The minimum absolute atomic E-state index is 0. The molecular formula is C16H17ClF3NO3S. The lowest BCUT2D eigenvalue weighted by molar-refractivity contribution is -0.137. The van der Waals surface area contributed by atoms with E-state index in [2.05, 4.69) is 5.32 Å². The lowest BCUT2D eigenvalue weighted by Crippen LogP contribution is -2.29. The summed E-state index contributed by atoms with van der Waals surface area (Å²) < 4.78 is 66.6. The summed E-state index contributed by atoms with van der Waals surface area (Å²) in [5.41, 5.74) is -0.383. The van der Waals surface area contributed by atoms with Gasteiger partial charge in [0.1, 0.15) is 11.5 Å². The third kappa shape index (κ3) is 4.99. The largest absolute Gasteiger partial charge is 0.460 e. The topological polar surface area (TPSA) is 59.3 Å². The highest BCUT2D eigenvalue weighted by atomic mass is 35.5. The number of furan rings is 1. The highest BCUT2D eigenvalue weighted by molar-refractivity contribution is 7.91. The molecule has 0 bridgehead atoms. The van der Waals surface area contributed by atoms with E-state index in [0.29, 0.717) is 30.0 Å². The molecule has 0 aliphatic carbocycles. The van der Waals surface area contributed by atoms with E-state index in [4.69, 9.17) is 4.42 Å². The zero-order chi connectivity index (χ0) is 17.4. The highest BCUT2D eigenvalue weighted by Crippen LogP contribution is 2.32. The van der Waals surface area contributed by atoms with Gasteiger partial charge in [-0.15, -0.1) is 12.4 Å². The summed E-state index contributed by atoms with van der Waals surface area (Å²) in [5, 5.41) is 3.10. The van der Waals surface area contributed by atoms with Gasteiger partial charge >= 0.3 is 6.18 Å². The van der Waals surface area contributed by atoms with Gasteiger partial charge in [0.2, 0.25) is 0 Å². The van der Waals surface area contributed by atoms with Crippen LogP contribution < -0.4 is 5.32 Å². The van der Waals surface area contributed by atoms with Crippen molar-refractivity contribution >= 4 is 22.2 Å². The Kier molecular flexibility index (Phi) is 5.86. The summed E-state index contributed by atoms with van der Waals surface area (Å²) in [7, 11) is -2.96. The molecule has 1 aliphatic rings. The summed E-state index contributed by atoms with van der Waals surface area (Å²) in [6.07, 6.45) is -3.84. The second-order valence-corrected chi connectivity index (χ2v) is 8.05. The fraction of sp³-hybridized carbons (Fsp3) is 0.375. The normalized spacial score (nSPS) is 19.6. The Balaban J connectivity index is 0.00000225. The molecule has 1 N–H and O–H groups in total. The Morgan fingerprint density at radius 1 is 1.20 bits per heavy atom. The van der Waals surface area contributed by atoms with Gasteiger partial charge in [-0.25, -0.2) is 8.42 Å². The third-order valence-corrected chi connectivity index (χ3v) is 5.70. The molecular weight excluding hydrogens is 379 g/mol. The molecule has 2 heterocycles. The first-order valence-corrected chi connectivity index (χ1v) is 9.25. The first kappa shape index (κ1) is 19.8. The molecule has 25 heavy (non-hydrogen) atoms. The smallest absolute Gasteiger partial charge is 0.416 e. The minimum Gasteiger partial charge on any atom is -0.460 e. The van der Waals surface area contributed by atoms with Gasteiger partial charge in [0, 0.05) is 11.6 Å². The summed E-state index contributed by atoms with van der Waals surface area (Å²) in [5.74, 6) is 1.18. The molecule has 0 radical (unpaired) electrons. The van der Waals surface area contributed by atoms with Crippen LogP contribution in [0.3, 0.4) is 0 Å². The predicted molar refractivity (Wildman–Crippen MR) is 90.3 cm³/mol. The molecule has 1 aromatic carbocycles. The average molecular weight is 396 g/mol. The molecule has 2 aromatic rings. The molecule has 0 saturated carbocycles. The summed E-state index contributed by atoms with van der Waals surface area (Å²) in [6, 6.07) is 8.10. The number of rotatable bonds is 4. The van der Waals surface area contributed by atoms with E-state index in [1.165, 1.54) is 6.07 Å². The van der Waals surface area contributed by atoms with Crippen LogP contribution in [-0.4, -0.2) is 26.0 Å². The zero-order valence-electron chi connectivity index (χ0n) is 13.0. The van der Waals surface area contributed by atoms with E-state index in [1.54, 1.807) is 18.2 Å². The SMILES string of the molecule is Cl.O=S1(=O)CCC(NCc2ccc(-c3cccc(C(F)(F)F)c3)o2)C1. The van der Waals surface area contributed by atoms with Gasteiger partial charge in [0.15, 0.2) is 9.84 Å². The average Bonchev–Trinajstić information content (AvgIpc) is 3.11. The maximum atomic E-state index is 12.8. The van der Waals surface area contributed by atoms with Crippen molar-refractivity contribution in [3.05, 3.63) is 47.7 Å². The molecule has 0 spiro atoms. The van der Waals surface area contributed by atoms with Gasteiger partial charge < -0.3 is 9.73 Å². The number of hydrogen-bond acceptors (Lipinski definition) is 4. The van der Waals surface area contributed by atoms with Crippen LogP contribution in [0, 0.1) is 0 Å². The lowest BCUT2D eigenvalue weighted by atomic mass is 10.1. The highest BCUT2D eigenvalue weighted by Gasteiger charge is 2.30. The van der Waals surface area contributed by atoms with E-state index in [9.17, 15) is 21.6 Å². The van der Waals surface area contributed by atoms with Crippen LogP contribution >= 0.6 is 12.4 Å². The first-order chi connectivity index (χ1) is 11.2. The maximum absolute atomic E-state index is 12.8. The van der Waals surface area contributed by atoms with Gasteiger partial charge in [-0.1, -0.05) is 12.1 Å². The number of alkyl halides is 3. The van der Waals surface area contributed by atoms with Crippen molar-refractivity contribution in [2.75, 3.05) is 11.5 Å². The summed E-state index contributed by atoms with van der Waals surface area (Å²) in [4.78, 5) is 0. The number of nitrogens with one attached hydrogen (secondary N) is 1. The van der Waals surface area contributed by atoms with Crippen molar-refractivity contribution in [3.63, 3.8) is 0 Å². The van der Waals surface area contributed by atoms with Crippen molar-refractivity contribution < 1.29 is 26.0 Å². The van der Waals surface area contributed by atoms with Gasteiger partial charge in [-0.3, -0.25) is 0 Å². The Labute approximate surface area is 149 Å². The van der Waals surface area contributed by atoms with Gasteiger partial charge in [0.05, 0.1) is 23.6 Å². The molecule has 4 nitrogen and oxygen atoms in total. The minimum atomic E-state index is -4.40. The fourth-order valence-electron chi connectivity index (χ4n) is 2.68. The molecule has 1 unspecified atom stereocenters. The van der Waals surface area contributed by atoms with Crippen molar-refractivity contribution in [1.29, 1.82) is 0 Å². The van der Waals surface area contributed by atoms with Crippen molar-refractivity contribution in [3.8, 4) is 11.3 Å². The first-order valence-electron chi connectivity index (χ1n) is 7.43. The van der Waals surface area contributed by atoms with Crippen LogP contribution in [0.2, 0.25) is 0 Å². The second kappa shape index (κ2) is 7.39. The number of hydrogen-bond donors (Lipinski definition) is 1. The van der Waals surface area contributed by atoms with Crippen molar-refractivity contribution in [1.82, 2.24) is 5.32 Å². The van der Waals surface area contributed by atoms with Crippen LogP contribution in [0.25, 0.3) is 11.3 Å². The van der Waals surface area contributed by atoms with E-state index >= 15 is 0 Å². The maximum Gasteiger partial charge on any atom is 0.416 e. The van der Waals surface area contributed by atoms with Gasteiger partial charge in [-0.05, 0) is 30.7 Å². The van der Waals surface area contributed by atoms with Crippen LogP contribution in [0.5, 0.6) is 0 Å². The molecule has 9 heteroatoms. The number of sulfone groups is 1.